The molecule has 0 bridgehead atoms. The van der Waals surface area contributed by atoms with Crippen LogP contribution in [0.1, 0.15) is 24.1 Å². The van der Waals surface area contributed by atoms with Gasteiger partial charge in [-0.2, -0.15) is 4.98 Å². The van der Waals surface area contributed by atoms with E-state index in [1.54, 1.807) is 13.0 Å². The van der Waals surface area contributed by atoms with E-state index in [1.807, 2.05) is 17.9 Å². The number of rotatable bonds is 4. The molecule has 1 amide bonds. The van der Waals surface area contributed by atoms with Gasteiger partial charge in [-0.15, -0.1) is 0 Å². The Bertz CT molecular complexity index is 1130. The second-order valence-corrected chi connectivity index (χ2v) is 7.44. The van der Waals surface area contributed by atoms with E-state index in [0.717, 1.165) is 10.9 Å². The smallest absolute Gasteiger partial charge is 0.407 e. The molecule has 3 aromatic rings. The number of hydrogen-bond acceptors (Lipinski definition) is 8. The van der Waals surface area contributed by atoms with Gasteiger partial charge in [0.1, 0.15) is 18.0 Å². The molecule has 1 atom stereocenters. The summed E-state index contributed by atoms with van der Waals surface area (Å²) in [4.78, 5) is 31.5. The first kappa shape index (κ1) is 20.5. The molecule has 0 aliphatic carbocycles. The molecule has 10 nitrogen and oxygen atoms in total. The van der Waals surface area contributed by atoms with Crippen LogP contribution in [0.3, 0.4) is 0 Å². The standard InChI is InChI=1S/C20H23FN8O2/c1-11-15(21)4-3-13-9-14(12(2)25-19-24-10-23-18(22)27-19)17(26-16(11)13)28-5-7-29(8-6-28)20(30)31/h3-4,9-10,12H,5-8H2,1-2H3,(H,30,31)(H3,22,23,24,25,27). The number of fused-ring (bicyclic) bond motifs is 1. The molecule has 4 rings (SSSR count). The highest BCUT2D eigenvalue weighted by molar-refractivity contribution is 5.85. The molecule has 11 heteroatoms. The molecule has 1 unspecified atom stereocenters. The molecule has 0 spiro atoms. The van der Waals surface area contributed by atoms with Crippen molar-refractivity contribution in [1.82, 2.24) is 24.8 Å². The number of nitrogens with two attached hydrogens (primary N) is 1. The summed E-state index contributed by atoms with van der Waals surface area (Å²) in [6.07, 6.45) is 0.389. The van der Waals surface area contributed by atoms with Gasteiger partial charge in [0.15, 0.2) is 0 Å². The third-order valence-corrected chi connectivity index (χ3v) is 5.44. The molecule has 1 aliphatic rings. The number of carboxylic acid groups (broad SMARTS) is 1. The number of carbonyl (C=O) groups is 1. The van der Waals surface area contributed by atoms with Gasteiger partial charge in [-0.1, -0.05) is 0 Å². The van der Waals surface area contributed by atoms with Crippen LogP contribution in [-0.2, 0) is 0 Å². The third-order valence-electron chi connectivity index (χ3n) is 5.44. The van der Waals surface area contributed by atoms with E-state index in [0.29, 0.717) is 49.0 Å². The van der Waals surface area contributed by atoms with E-state index >= 15 is 0 Å². The summed E-state index contributed by atoms with van der Waals surface area (Å²) in [6.45, 7) is 5.34. The van der Waals surface area contributed by atoms with Gasteiger partial charge >= 0.3 is 6.09 Å². The van der Waals surface area contributed by atoms with Crippen LogP contribution in [0.2, 0.25) is 0 Å². The van der Waals surface area contributed by atoms with Crippen molar-refractivity contribution < 1.29 is 14.3 Å². The lowest BCUT2D eigenvalue weighted by Crippen LogP contribution is -2.49. The number of amides is 1. The molecule has 3 heterocycles. The van der Waals surface area contributed by atoms with E-state index in [2.05, 4.69) is 20.3 Å². The molecule has 1 aromatic carbocycles. The first-order chi connectivity index (χ1) is 14.8. The number of nitrogen functional groups attached to an aromatic ring is 1. The number of aryl methyl sites for hydroxylation is 1. The van der Waals surface area contributed by atoms with E-state index in [1.165, 1.54) is 17.3 Å². The minimum absolute atomic E-state index is 0.109. The molecule has 1 aliphatic heterocycles. The van der Waals surface area contributed by atoms with Crippen LogP contribution in [-0.4, -0.2) is 62.2 Å². The molecule has 1 saturated heterocycles. The Morgan fingerprint density at radius 3 is 2.65 bits per heavy atom. The number of piperazine rings is 1. The Morgan fingerprint density at radius 2 is 1.97 bits per heavy atom. The van der Waals surface area contributed by atoms with Crippen molar-refractivity contribution in [3.63, 3.8) is 0 Å². The Balaban J connectivity index is 1.74. The lowest BCUT2D eigenvalue weighted by Gasteiger charge is -2.35. The maximum atomic E-state index is 14.2. The molecule has 162 valence electrons. The lowest BCUT2D eigenvalue weighted by atomic mass is 10.0. The molecule has 0 radical (unpaired) electrons. The van der Waals surface area contributed by atoms with E-state index < -0.39 is 6.09 Å². The zero-order valence-electron chi connectivity index (χ0n) is 17.2. The second kappa shape index (κ2) is 8.17. The maximum absolute atomic E-state index is 14.2. The van der Waals surface area contributed by atoms with Crippen molar-refractivity contribution in [2.24, 2.45) is 0 Å². The van der Waals surface area contributed by atoms with E-state index in [9.17, 15) is 14.3 Å². The van der Waals surface area contributed by atoms with Crippen LogP contribution in [0.15, 0.2) is 24.5 Å². The SMILES string of the molecule is Cc1c(F)ccc2cc(C(C)Nc3ncnc(N)n3)c(N3CCN(C(=O)O)CC3)nc12. The van der Waals surface area contributed by atoms with Gasteiger partial charge < -0.3 is 26.0 Å². The van der Waals surface area contributed by atoms with Crippen LogP contribution in [0.25, 0.3) is 10.9 Å². The van der Waals surface area contributed by atoms with E-state index in [-0.39, 0.29) is 17.8 Å². The highest BCUT2D eigenvalue weighted by Crippen LogP contribution is 2.32. The fourth-order valence-electron chi connectivity index (χ4n) is 3.70. The highest BCUT2D eigenvalue weighted by atomic mass is 19.1. The van der Waals surface area contributed by atoms with Crippen LogP contribution in [0.5, 0.6) is 0 Å². The molecular weight excluding hydrogens is 403 g/mol. The highest BCUT2D eigenvalue weighted by Gasteiger charge is 2.25. The minimum Gasteiger partial charge on any atom is -0.465 e. The lowest BCUT2D eigenvalue weighted by molar-refractivity contribution is 0.142. The van der Waals surface area contributed by atoms with E-state index in [4.69, 9.17) is 10.7 Å². The van der Waals surface area contributed by atoms with Crippen molar-refractivity contribution in [3.05, 3.63) is 41.5 Å². The zero-order chi connectivity index (χ0) is 22.1. The largest absolute Gasteiger partial charge is 0.465 e. The minimum atomic E-state index is -0.938. The molecular formula is C20H23FN8O2. The zero-order valence-corrected chi connectivity index (χ0v) is 17.2. The van der Waals surface area contributed by atoms with Gasteiger partial charge in [0.05, 0.1) is 11.6 Å². The number of benzene rings is 1. The van der Waals surface area contributed by atoms with Crippen molar-refractivity contribution in [3.8, 4) is 0 Å². The maximum Gasteiger partial charge on any atom is 0.407 e. The van der Waals surface area contributed by atoms with Gasteiger partial charge in [0.2, 0.25) is 11.9 Å². The van der Waals surface area contributed by atoms with Gasteiger partial charge in [-0.05, 0) is 32.0 Å². The Kier molecular flexibility index (Phi) is 5.40. The summed E-state index contributed by atoms with van der Waals surface area (Å²) in [5.74, 6) is 0.795. The van der Waals surface area contributed by atoms with Crippen molar-refractivity contribution in [2.45, 2.75) is 19.9 Å². The first-order valence-electron chi connectivity index (χ1n) is 9.87. The van der Waals surface area contributed by atoms with Crippen LogP contribution in [0.4, 0.5) is 26.9 Å². The van der Waals surface area contributed by atoms with Crippen molar-refractivity contribution in [1.29, 1.82) is 0 Å². The number of hydrogen-bond donors (Lipinski definition) is 3. The number of anilines is 3. The molecule has 0 saturated carbocycles. The van der Waals surface area contributed by atoms with Crippen LogP contribution >= 0.6 is 0 Å². The molecule has 31 heavy (non-hydrogen) atoms. The molecule has 4 N–H and O–H groups in total. The molecule has 2 aromatic heterocycles. The quantitative estimate of drug-likeness (QED) is 0.575. The van der Waals surface area contributed by atoms with Gasteiger partial charge in [0, 0.05) is 42.7 Å². The summed E-state index contributed by atoms with van der Waals surface area (Å²) in [5.41, 5.74) is 7.57. The Morgan fingerprint density at radius 1 is 1.23 bits per heavy atom. The molecule has 1 fully saturated rings. The third kappa shape index (κ3) is 4.11. The predicted octanol–water partition coefficient (Wildman–Crippen LogP) is 2.42. The fraction of sp³-hybridized carbons (Fsp3) is 0.350. The van der Waals surface area contributed by atoms with Gasteiger partial charge in [-0.25, -0.2) is 24.1 Å². The number of nitrogens with one attached hydrogen (secondary N) is 1. The Labute approximate surface area is 177 Å². The first-order valence-corrected chi connectivity index (χ1v) is 9.87. The fourth-order valence-corrected chi connectivity index (χ4v) is 3.70. The van der Waals surface area contributed by atoms with Gasteiger partial charge in [-0.3, -0.25) is 0 Å². The number of aromatic nitrogens is 4. The monoisotopic (exact) mass is 426 g/mol. The number of nitrogens with zero attached hydrogens (tertiary/aromatic N) is 6. The summed E-state index contributed by atoms with van der Waals surface area (Å²) in [7, 11) is 0. The van der Waals surface area contributed by atoms with Crippen LogP contribution < -0.4 is 16.0 Å². The van der Waals surface area contributed by atoms with Crippen LogP contribution in [0, 0.1) is 12.7 Å². The Hall–Kier alpha value is -3.76. The normalized spacial score (nSPS) is 15.2. The summed E-state index contributed by atoms with van der Waals surface area (Å²) >= 11 is 0. The van der Waals surface area contributed by atoms with Crippen molar-refractivity contribution >= 4 is 34.7 Å². The average Bonchev–Trinajstić information content (AvgIpc) is 2.75. The summed E-state index contributed by atoms with van der Waals surface area (Å²) in [5, 5.41) is 13.3. The second-order valence-electron chi connectivity index (χ2n) is 7.44. The van der Waals surface area contributed by atoms with Gasteiger partial charge in [0.25, 0.3) is 0 Å². The average molecular weight is 426 g/mol. The van der Waals surface area contributed by atoms with Crippen molar-refractivity contribution in [2.75, 3.05) is 42.1 Å². The number of halogens is 1. The summed E-state index contributed by atoms with van der Waals surface area (Å²) in [6, 6.07) is 4.85. The topological polar surface area (TPSA) is 133 Å². The summed E-state index contributed by atoms with van der Waals surface area (Å²) < 4.78 is 14.2. The number of pyridine rings is 1. The predicted molar refractivity (Wildman–Crippen MR) is 115 cm³/mol.